The zero-order chi connectivity index (χ0) is 30.2. The summed E-state index contributed by atoms with van der Waals surface area (Å²) in [5.74, 6) is -0.203. The van der Waals surface area contributed by atoms with E-state index in [4.69, 9.17) is 22.7 Å². The van der Waals surface area contributed by atoms with E-state index in [-0.39, 0.29) is 28.8 Å². The Morgan fingerprint density at radius 1 is 0.897 bits per heavy atom. The number of ketones is 2. The second-order valence-electron chi connectivity index (χ2n) is 11.9. The van der Waals surface area contributed by atoms with Gasteiger partial charge < -0.3 is 31.7 Å². The van der Waals surface area contributed by atoms with Crippen LogP contribution in [0.4, 0.5) is 4.79 Å². The molecule has 0 spiro atoms. The van der Waals surface area contributed by atoms with Crippen molar-refractivity contribution in [2.45, 2.75) is 92.7 Å². The summed E-state index contributed by atoms with van der Waals surface area (Å²) < 4.78 is 6.32. The summed E-state index contributed by atoms with van der Waals surface area (Å²) >= 11 is 7.65. The van der Waals surface area contributed by atoms with Crippen LogP contribution in [0.25, 0.3) is 0 Å². The topological polar surface area (TPSA) is 152 Å². The first-order chi connectivity index (χ1) is 18.0. The number of alkyl halides is 1. The Kier molecular flexibility index (Phi) is 18.0. The van der Waals surface area contributed by atoms with Gasteiger partial charge >= 0.3 is 6.03 Å². The lowest BCUT2D eigenvalue weighted by atomic mass is 9.84. The van der Waals surface area contributed by atoms with E-state index in [2.05, 4.69) is 43.9 Å². The third kappa shape index (κ3) is 17.0. The Labute approximate surface area is 253 Å². The van der Waals surface area contributed by atoms with Crippen molar-refractivity contribution < 1.29 is 23.9 Å². The molecule has 39 heavy (non-hydrogen) atoms. The van der Waals surface area contributed by atoms with Crippen molar-refractivity contribution in [1.82, 2.24) is 21.3 Å². The van der Waals surface area contributed by atoms with E-state index in [0.29, 0.717) is 61.5 Å². The quantitative estimate of drug-likeness (QED) is 0.0640. The van der Waals surface area contributed by atoms with Crippen LogP contribution < -0.4 is 27.0 Å². The molecule has 0 radical (unpaired) electrons. The molecule has 0 aromatic rings. The van der Waals surface area contributed by atoms with E-state index in [1.54, 1.807) is 0 Å². The molecule has 226 valence electrons. The Hall–Kier alpha value is -1.54. The number of thiocarbonyl (C=S) groups is 1. The van der Waals surface area contributed by atoms with Crippen molar-refractivity contribution >= 4 is 63.4 Å². The van der Waals surface area contributed by atoms with Crippen LogP contribution in [0.5, 0.6) is 0 Å². The zero-order valence-electron chi connectivity index (χ0n) is 24.7. The summed E-state index contributed by atoms with van der Waals surface area (Å²) in [5, 5.41) is 12.0. The second-order valence-corrected chi connectivity index (χ2v) is 13.1. The van der Waals surface area contributed by atoms with Gasteiger partial charge in [-0.1, -0.05) is 71.1 Å². The van der Waals surface area contributed by atoms with E-state index in [1.165, 1.54) is 0 Å². The SMILES string of the molecule is CC(CI)[C@H](NC(=S)NCCCOCCCC(=O)C(C)(C)C)C(=O)N[C@@H](CCCNC(N)=O)C(=O)C(C)(C)C. The van der Waals surface area contributed by atoms with E-state index >= 15 is 0 Å². The van der Waals surface area contributed by atoms with Gasteiger partial charge in [0.05, 0.1) is 6.04 Å². The largest absolute Gasteiger partial charge is 0.381 e. The van der Waals surface area contributed by atoms with Crippen LogP contribution in [0.1, 0.15) is 80.6 Å². The summed E-state index contributed by atoms with van der Waals surface area (Å²) in [6.45, 7) is 15.1. The standard InChI is InChI=1S/C27H50IN5O5S/c1-18(17-28)21(23(36)32-19(22(35)27(5,6)7)11-8-13-30-24(29)37)33-25(39)31-14-10-16-38-15-9-12-20(34)26(2,3)4/h18-19,21H,8-17H2,1-7H3,(H,32,36)(H3,29,30,37)(H2,31,33,39)/t18?,19-,21-/m0/s1. The Bertz CT molecular complexity index is 813. The summed E-state index contributed by atoms with van der Waals surface area (Å²) in [6, 6.07) is -1.95. The van der Waals surface area contributed by atoms with Crippen molar-refractivity contribution in [3.8, 4) is 0 Å². The molecule has 0 saturated carbocycles. The molecule has 0 fully saturated rings. The van der Waals surface area contributed by atoms with Gasteiger partial charge in [-0.2, -0.15) is 0 Å². The van der Waals surface area contributed by atoms with Crippen LogP contribution in [-0.2, 0) is 19.1 Å². The monoisotopic (exact) mass is 683 g/mol. The van der Waals surface area contributed by atoms with Gasteiger partial charge in [0.1, 0.15) is 11.8 Å². The highest BCUT2D eigenvalue weighted by atomic mass is 127. The first kappa shape index (κ1) is 37.5. The molecule has 0 saturated heterocycles. The van der Waals surface area contributed by atoms with Gasteiger partial charge in [-0.05, 0) is 43.8 Å². The van der Waals surface area contributed by atoms with Gasteiger partial charge in [0.15, 0.2) is 10.9 Å². The molecule has 0 heterocycles. The third-order valence-corrected chi connectivity index (χ3v) is 7.65. The van der Waals surface area contributed by atoms with E-state index in [0.717, 1.165) is 6.42 Å². The highest BCUT2D eigenvalue weighted by Crippen LogP contribution is 2.20. The van der Waals surface area contributed by atoms with Crippen LogP contribution in [0, 0.1) is 16.7 Å². The van der Waals surface area contributed by atoms with Gasteiger partial charge in [0.25, 0.3) is 0 Å². The highest BCUT2D eigenvalue weighted by molar-refractivity contribution is 14.1. The number of Topliss-reactive ketones (excluding diaryl/α,β-unsaturated/α-hetero) is 2. The number of nitrogens with one attached hydrogen (secondary N) is 4. The van der Waals surface area contributed by atoms with Crippen molar-refractivity contribution in [2.75, 3.05) is 30.7 Å². The van der Waals surface area contributed by atoms with Gasteiger partial charge in [-0.25, -0.2) is 4.79 Å². The molecule has 0 rings (SSSR count). The van der Waals surface area contributed by atoms with Crippen molar-refractivity contribution in [3.05, 3.63) is 0 Å². The van der Waals surface area contributed by atoms with Gasteiger partial charge in [-0.3, -0.25) is 14.4 Å². The molecule has 0 aliphatic heterocycles. The van der Waals surface area contributed by atoms with Gasteiger partial charge in [0.2, 0.25) is 5.91 Å². The Morgan fingerprint density at radius 3 is 2.03 bits per heavy atom. The number of hydrogen-bond acceptors (Lipinski definition) is 6. The van der Waals surface area contributed by atoms with Gasteiger partial charge in [0, 0.05) is 48.0 Å². The molecule has 0 aliphatic carbocycles. The molecule has 0 bridgehead atoms. The number of urea groups is 1. The zero-order valence-corrected chi connectivity index (χ0v) is 27.7. The fourth-order valence-corrected chi connectivity index (χ4v) is 4.24. The number of ether oxygens (including phenoxy) is 1. The molecule has 3 amide bonds. The smallest absolute Gasteiger partial charge is 0.312 e. The molecule has 3 atom stereocenters. The summed E-state index contributed by atoms with van der Waals surface area (Å²) in [4.78, 5) is 49.2. The van der Waals surface area contributed by atoms with Crippen LogP contribution in [0.3, 0.4) is 0 Å². The molecular weight excluding hydrogens is 633 g/mol. The van der Waals surface area contributed by atoms with Crippen molar-refractivity contribution in [2.24, 2.45) is 22.5 Å². The summed E-state index contributed by atoms with van der Waals surface area (Å²) in [6.07, 6.45) is 2.80. The fourth-order valence-electron chi connectivity index (χ4n) is 3.51. The summed E-state index contributed by atoms with van der Waals surface area (Å²) in [7, 11) is 0. The van der Waals surface area contributed by atoms with Crippen molar-refractivity contribution in [1.29, 1.82) is 0 Å². The third-order valence-electron chi connectivity index (χ3n) is 6.00. The van der Waals surface area contributed by atoms with E-state index in [1.807, 2.05) is 48.5 Å². The predicted molar refractivity (Wildman–Crippen MR) is 168 cm³/mol. The number of hydrogen-bond donors (Lipinski definition) is 5. The molecule has 12 heteroatoms. The van der Waals surface area contributed by atoms with Gasteiger partial charge in [-0.15, -0.1) is 0 Å². The second kappa shape index (κ2) is 18.7. The number of amides is 3. The number of carbonyl (C=O) groups is 4. The maximum absolute atomic E-state index is 13.3. The molecular formula is C27H50IN5O5S. The predicted octanol–water partition coefficient (Wildman–Crippen LogP) is 3.24. The number of halogens is 1. The summed E-state index contributed by atoms with van der Waals surface area (Å²) in [5.41, 5.74) is 4.15. The lowest BCUT2D eigenvalue weighted by Crippen LogP contribution is -2.57. The fraction of sp³-hybridized carbons (Fsp3) is 0.815. The Morgan fingerprint density at radius 2 is 1.49 bits per heavy atom. The normalized spacial score (nSPS) is 14.1. The lowest BCUT2D eigenvalue weighted by molar-refractivity contribution is -0.133. The first-order valence-electron chi connectivity index (χ1n) is 13.6. The number of primary amides is 1. The number of nitrogens with two attached hydrogens (primary N) is 1. The average Bonchev–Trinajstić information content (AvgIpc) is 2.83. The van der Waals surface area contributed by atoms with Crippen LogP contribution in [0.2, 0.25) is 0 Å². The number of carbonyl (C=O) groups excluding carboxylic acids is 4. The van der Waals surface area contributed by atoms with Crippen LogP contribution >= 0.6 is 34.8 Å². The minimum atomic E-state index is -0.699. The van der Waals surface area contributed by atoms with Crippen LogP contribution in [-0.4, -0.2) is 71.4 Å². The van der Waals surface area contributed by atoms with E-state index in [9.17, 15) is 19.2 Å². The lowest BCUT2D eigenvalue weighted by Gasteiger charge is -2.29. The molecule has 0 aromatic carbocycles. The maximum atomic E-state index is 13.3. The molecule has 0 aromatic heterocycles. The first-order valence-corrected chi connectivity index (χ1v) is 15.5. The van der Waals surface area contributed by atoms with E-state index < -0.39 is 23.5 Å². The molecule has 0 aliphatic rings. The minimum absolute atomic E-state index is 0.0496. The number of rotatable bonds is 18. The highest BCUT2D eigenvalue weighted by Gasteiger charge is 2.33. The maximum Gasteiger partial charge on any atom is 0.312 e. The van der Waals surface area contributed by atoms with Crippen LogP contribution in [0.15, 0.2) is 0 Å². The molecule has 6 N–H and O–H groups in total. The molecule has 10 nitrogen and oxygen atoms in total. The minimum Gasteiger partial charge on any atom is -0.381 e. The average molecular weight is 684 g/mol. The van der Waals surface area contributed by atoms with Crippen molar-refractivity contribution in [3.63, 3.8) is 0 Å². The Balaban J connectivity index is 4.79. The molecule has 1 unspecified atom stereocenters.